The average molecular weight is 292 g/mol. The fourth-order valence-electron chi connectivity index (χ4n) is 3.42. The number of nitrogens with zero attached hydrogens (tertiary/aromatic N) is 2. The second-order valence-corrected chi connectivity index (χ2v) is 6.32. The fourth-order valence-corrected chi connectivity index (χ4v) is 3.42. The molecule has 4 nitrogen and oxygen atoms in total. The fraction of sp³-hybridized carbons (Fsp3) is 0.562. The lowest BCUT2D eigenvalue weighted by Crippen LogP contribution is -2.40. The van der Waals surface area contributed by atoms with E-state index < -0.39 is 0 Å². The molecule has 1 spiro atoms. The van der Waals surface area contributed by atoms with E-state index in [-0.39, 0.29) is 17.1 Å². The molecule has 114 valence electrons. The summed E-state index contributed by atoms with van der Waals surface area (Å²) in [4.78, 5) is 15.9. The number of ether oxygens (including phenoxy) is 1. The van der Waals surface area contributed by atoms with Gasteiger partial charge in [0.25, 0.3) is 0 Å². The van der Waals surface area contributed by atoms with Gasteiger partial charge in [0.15, 0.2) is 0 Å². The van der Waals surface area contributed by atoms with Gasteiger partial charge < -0.3 is 9.64 Å². The normalized spacial score (nSPS) is 27.3. The predicted molar refractivity (Wildman–Crippen MR) is 77.2 cm³/mol. The number of carbonyl (C=O) groups excluding carboxylic acids is 1. The third-order valence-corrected chi connectivity index (χ3v) is 4.34. The summed E-state index contributed by atoms with van der Waals surface area (Å²) in [5, 5.41) is 0. The molecular weight excluding hydrogens is 271 g/mol. The largest absolute Gasteiger partial charge is 0.379 e. The molecular formula is C16H21FN2O2. The zero-order chi connectivity index (χ0) is 14.9. The molecule has 0 radical (unpaired) electrons. The van der Waals surface area contributed by atoms with Crippen molar-refractivity contribution >= 4 is 5.91 Å². The van der Waals surface area contributed by atoms with Crippen LogP contribution in [0.25, 0.3) is 0 Å². The molecule has 0 saturated carbocycles. The van der Waals surface area contributed by atoms with Crippen LogP contribution in [-0.2, 0) is 16.1 Å². The molecule has 0 aliphatic carbocycles. The van der Waals surface area contributed by atoms with Gasteiger partial charge in [0.1, 0.15) is 5.82 Å². The van der Waals surface area contributed by atoms with Crippen molar-refractivity contribution < 1.29 is 13.9 Å². The first kappa shape index (κ1) is 14.5. The summed E-state index contributed by atoms with van der Waals surface area (Å²) < 4.78 is 19.0. The number of hydrogen-bond donors (Lipinski definition) is 0. The van der Waals surface area contributed by atoms with Crippen LogP contribution in [0.4, 0.5) is 4.39 Å². The maximum atomic E-state index is 13.3. The van der Waals surface area contributed by atoms with E-state index >= 15 is 0 Å². The van der Waals surface area contributed by atoms with Gasteiger partial charge >= 0.3 is 0 Å². The van der Waals surface area contributed by atoms with E-state index in [9.17, 15) is 9.18 Å². The average Bonchev–Trinajstić information content (AvgIpc) is 2.58. The maximum absolute atomic E-state index is 13.3. The van der Waals surface area contributed by atoms with E-state index in [1.807, 2.05) is 13.1 Å². The number of hydrogen-bond acceptors (Lipinski definition) is 3. The Balaban J connectivity index is 1.72. The second-order valence-electron chi connectivity index (χ2n) is 6.32. The van der Waals surface area contributed by atoms with E-state index in [0.717, 1.165) is 25.2 Å². The van der Waals surface area contributed by atoms with E-state index in [1.54, 1.807) is 17.0 Å². The Kier molecular flexibility index (Phi) is 3.95. The molecule has 0 aromatic heterocycles. The zero-order valence-electron chi connectivity index (χ0n) is 12.3. The Bertz CT molecular complexity index is 537. The molecule has 0 N–H and O–H groups in total. The van der Waals surface area contributed by atoms with Crippen LogP contribution in [0, 0.1) is 11.2 Å². The number of carbonyl (C=O) groups is 1. The van der Waals surface area contributed by atoms with Crippen LogP contribution in [0.3, 0.4) is 0 Å². The molecule has 0 bridgehead atoms. The zero-order valence-corrected chi connectivity index (χ0v) is 12.3. The lowest BCUT2D eigenvalue weighted by molar-refractivity contribution is -0.126. The van der Waals surface area contributed by atoms with Gasteiger partial charge in [-0.3, -0.25) is 9.69 Å². The van der Waals surface area contributed by atoms with Crippen molar-refractivity contribution in [2.24, 2.45) is 5.41 Å². The number of benzene rings is 1. The Morgan fingerprint density at radius 1 is 1.38 bits per heavy atom. The molecule has 1 amide bonds. The predicted octanol–water partition coefficient (Wildman–Crippen LogP) is 1.51. The minimum Gasteiger partial charge on any atom is -0.379 e. The van der Waals surface area contributed by atoms with Crippen LogP contribution in [0.1, 0.15) is 12.0 Å². The van der Waals surface area contributed by atoms with Crippen molar-refractivity contribution in [1.29, 1.82) is 0 Å². The molecule has 1 unspecified atom stereocenters. The summed E-state index contributed by atoms with van der Waals surface area (Å²) in [6.07, 6.45) is 0.545. The first-order chi connectivity index (χ1) is 10.1. The van der Waals surface area contributed by atoms with Gasteiger partial charge in [-0.1, -0.05) is 12.1 Å². The van der Waals surface area contributed by atoms with Crippen molar-refractivity contribution in [2.75, 3.05) is 39.9 Å². The molecule has 21 heavy (non-hydrogen) atoms. The Morgan fingerprint density at radius 2 is 2.24 bits per heavy atom. The first-order valence-electron chi connectivity index (χ1n) is 7.35. The molecule has 1 aromatic rings. The van der Waals surface area contributed by atoms with Crippen LogP contribution >= 0.6 is 0 Å². The topological polar surface area (TPSA) is 32.8 Å². The molecule has 2 saturated heterocycles. The number of rotatable bonds is 2. The van der Waals surface area contributed by atoms with Crippen LogP contribution in [-0.4, -0.2) is 55.6 Å². The van der Waals surface area contributed by atoms with E-state index in [4.69, 9.17) is 4.74 Å². The molecule has 1 atom stereocenters. The lowest BCUT2D eigenvalue weighted by Gasteiger charge is -2.30. The van der Waals surface area contributed by atoms with Gasteiger partial charge in [-0.15, -0.1) is 0 Å². The van der Waals surface area contributed by atoms with Gasteiger partial charge in [-0.2, -0.15) is 0 Å². The highest BCUT2D eigenvalue weighted by Crippen LogP contribution is 2.33. The first-order valence-corrected chi connectivity index (χ1v) is 7.35. The number of amides is 1. The quantitative estimate of drug-likeness (QED) is 0.828. The summed E-state index contributed by atoms with van der Waals surface area (Å²) in [5.74, 6) is -0.0183. The molecule has 3 rings (SSSR count). The monoisotopic (exact) mass is 292 g/mol. The lowest BCUT2D eigenvalue weighted by atomic mass is 9.87. The molecule has 2 aliphatic rings. The highest BCUT2D eigenvalue weighted by atomic mass is 19.1. The van der Waals surface area contributed by atoms with Crippen LogP contribution in [0.5, 0.6) is 0 Å². The van der Waals surface area contributed by atoms with Crippen LogP contribution in [0.2, 0.25) is 0 Å². The molecule has 2 heterocycles. The Labute approximate surface area is 124 Å². The van der Waals surface area contributed by atoms with Gasteiger partial charge in [-0.25, -0.2) is 4.39 Å². The molecule has 5 heteroatoms. The van der Waals surface area contributed by atoms with Crippen molar-refractivity contribution in [1.82, 2.24) is 9.80 Å². The van der Waals surface area contributed by atoms with Gasteiger partial charge in [0, 0.05) is 45.1 Å². The number of likely N-dealkylation sites (tertiary alicyclic amines) is 1. The highest BCUT2D eigenvalue weighted by molar-refractivity contribution is 5.79. The van der Waals surface area contributed by atoms with E-state index in [1.165, 1.54) is 6.07 Å². The SMILES string of the molecule is CN1CC2(COCCN(Cc3cccc(F)c3)C2)CC1=O. The minimum atomic E-state index is -0.205. The Hall–Kier alpha value is -1.46. The maximum Gasteiger partial charge on any atom is 0.223 e. The smallest absolute Gasteiger partial charge is 0.223 e. The minimum absolute atomic E-state index is 0.115. The van der Waals surface area contributed by atoms with Gasteiger partial charge in [0.05, 0.1) is 13.2 Å². The number of halogens is 1. The third-order valence-electron chi connectivity index (χ3n) is 4.34. The molecule has 2 fully saturated rings. The summed E-state index contributed by atoms with van der Waals surface area (Å²) in [6.45, 7) is 4.36. The van der Waals surface area contributed by atoms with Crippen molar-refractivity contribution in [3.63, 3.8) is 0 Å². The van der Waals surface area contributed by atoms with Crippen LogP contribution < -0.4 is 0 Å². The van der Waals surface area contributed by atoms with Crippen LogP contribution in [0.15, 0.2) is 24.3 Å². The van der Waals surface area contributed by atoms with Crippen molar-refractivity contribution in [3.05, 3.63) is 35.6 Å². The standard InChI is InChI=1S/C16H21FN2O2/c1-18-10-16(8-15(18)20)11-19(5-6-21-12-16)9-13-3-2-4-14(17)7-13/h2-4,7H,5-6,8-12H2,1H3. The van der Waals surface area contributed by atoms with Crippen molar-refractivity contribution in [2.45, 2.75) is 13.0 Å². The van der Waals surface area contributed by atoms with E-state index in [2.05, 4.69) is 4.90 Å². The Morgan fingerprint density at radius 3 is 2.95 bits per heavy atom. The van der Waals surface area contributed by atoms with Crippen molar-refractivity contribution in [3.8, 4) is 0 Å². The van der Waals surface area contributed by atoms with Gasteiger partial charge in [0.2, 0.25) is 5.91 Å². The van der Waals surface area contributed by atoms with E-state index in [0.29, 0.717) is 26.2 Å². The summed E-state index contributed by atoms with van der Waals surface area (Å²) in [6, 6.07) is 6.71. The van der Waals surface area contributed by atoms with Gasteiger partial charge in [-0.05, 0) is 17.7 Å². The summed E-state index contributed by atoms with van der Waals surface area (Å²) in [7, 11) is 1.85. The summed E-state index contributed by atoms with van der Waals surface area (Å²) in [5.41, 5.74) is 0.847. The highest BCUT2D eigenvalue weighted by Gasteiger charge is 2.44. The second kappa shape index (κ2) is 5.73. The molecule has 2 aliphatic heterocycles. The summed E-state index contributed by atoms with van der Waals surface area (Å²) >= 11 is 0. The molecule has 1 aromatic carbocycles. The third kappa shape index (κ3) is 3.24.